The molecule has 0 saturated carbocycles. The second-order valence-corrected chi connectivity index (χ2v) is 7.14. The largest absolute Gasteiger partial charge is 0.371 e. The van der Waals surface area contributed by atoms with E-state index in [9.17, 15) is 24.0 Å². The van der Waals surface area contributed by atoms with Gasteiger partial charge in [0.15, 0.2) is 6.29 Å². The Morgan fingerprint density at radius 2 is 1.93 bits per heavy atom. The number of anilines is 1. The fourth-order valence-electron chi connectivity index (χ4n) is 3.55. The Morgan fingerprint density at radius 3 is 2.48 bits per heavy atom. The van der Waals surface area contributed by atoms with E-state index in [4.69, 9.17) is 0 Å². The number of hydrogen-bond acceptors (Lipinski definition) is 6. The maximum atomic E-state index is 13.1. The zero-order chi connectivity index (χ0) is 21.4. The standard InChI is InChI=1S/C21H27N3O5/c1-22-20(28)19(4-3-11-25)23(2)21(29)18-12-17(6-5-16(18)14-27)24-9-7-15(13-26)8-10-24/h5-6,11-15,19H,3-4,7-10H2,1-2H3,(H,22,28). The summed E-state index contributed by atoms with van der Waals surface area (Å²) in [5.74, 6) is -0.780. The van der Waals surface area contributed by atoms with Crippen LogP contribution in [0.2, 0.25) is 0 Å². The average Bonchev–Trinajstić information content (AvgIpc) is 2.77. The molecule has 0 aliphatic carbocycles. The molecule has 1 unspecified atom stereocenters. The number of amides is 2. The predicted molar refractivity (Wildman–Crippen MR) is 108 cm³/mol. The zero-order valence-electron chi connectivity index (χ0n) is 16.8. The quantitative estimate of drug-likeness (QED) is 0.621. The minimum Gasteiger partial charge on any atom is -0.371 e. The predicted octanol–water partition coefficient (Wildman–Crippen LogP) is 1.08. The first kappa shape index (κ1) is 22.3. The van der Waals surface area contributed by atoms with Gasteiger partial charge < -0.3 is 24.7 Å². The fraction of sp³-hybridized carbons (Fsp3) is 0.476. The minimum absolute atomic E-state index is 0.0545. The van der Waals surface area contributed by atoms with E-state index in [0.29, 0.717) is 25.7 Å². The Morgan fingerprint density at radius 1 is 1.24 bits per heavy atom. The number of benzene rings is 1. The molecular weight excluding hydrogens is 374 g/mol. The van der Waals surface area contributed by atoms with Crippen molar-refractivity contribution in [1.29, 1.82) is 0 Å². The zero-order valence-corrected chi connectivity index (χ0v) is 16.8. The number of aldehydes is 3. The molecule has 1 aliphatic heterocycles. The van der Waals surface area contributed by atoms with E-state index in [1.807, 2.05) is 0 Å². The van der Waals surface area contributed by atoms with Gasteiger partial charge >= 0.3 is 0 Å². The van der Waals surface area contributed by atoms with Gasteiger partial charge in [0.05, 0.1) is 5.56 Å². The first-order chi connectivity index (χ1) is 14.0. The highest BCUT2D eigenvalue weighted by Gasteiger charge is 2.28. The van der Waals surface area contributed by atoms with Gasteiger partial charge in [-0.25, -0.2) is 0 Å². The van der Waals surface area contributed by atoms with Crippen molar-refractivity contribution >= 4 is 36.4 Å². The van der Waals surface area contributed by atoms with E-state index in [-0.39, 0.29) is 35.8 Å². The van der Waals surface area contributed by atoms with Gasteiger partial charge in [-0.2, -0.15) is 0 Å². The molecule has 1 aliphatic rings. The van der Waals surface area contributed by atoms with E-state index in [1.165, 1.54) is 19.0 Å². The van der Waals surface area contributed by atoms with Gasteiger partial charge in [0.1, 0.15) is 18.6 Å². The summed E-state index contributed by atoms with van der Waals surface area (Å²) in [6, 6.07) is 4.22. The topological polar surface area (TPSA) is 104 Å². The minimum atomic E-state index is -0.816. The Bertz CT molecular complexity index is 772. The van der Waals surface area contributed by atoms with Crippen LogP contribution in [0.4, 0.5) is 5.69 Å². The molecule has 1 aromatic rings. The number of hydrogen-bond donors (Lipinski definition) is 1. The Labute approximate surface area is 170 Å². The van der Waals surface area contributed by atoms with Crippen LogP contribution in [0, 0.1) is 5.92 Å². The number of rotatable bonds is 9. The van der Waals surface area contributed by atoms with Crippen molar-refractivity contribution in [2.75, 3.05) is 32.1 Å². The fourth-order valence-corrected chi connectivity index (χ4v) is 3.55. The lowest BCUT2D eigenvalue weighted by Gasteiger charge is -2.32. The van der Waals surface area contributed by atoms with E-state index >= 15 is 0 Å². The van der Waals surface area contributed by atoms with Crippen LogP contribution in [0.5, 0.6) is 0 Å². The van der Waals surface area contributed by atoms with Gasteiger partial charge in [-0.3, -0.25) is 14.4 Å². The van der Waals surface area contributed by atoms with E-state index in [0.717, 1.165) is 24.8 Å². The van der Waals surface area contributed by atoms with Crippen molar-refractivity contribution in [2.45, 2.75) is 31.7 Å². The molecule has 0 radical (unpaired) electrons. The first-order valence-corrected chi connectivity index (χ1v) is 9.68. The number of likely N-dealkylation sites (N-methyl/N-ethyl adjacent to an activating group) is 2. The van der Waals surface area contributed by atoms with Gasteiger partial charge in [0.2, 0.25) is 5.91 Å². The monoisotopic (exact) mass is 401 g/mol. The van der Waals surface area contributed by atoms with Crippen LogP contribution in [0.15, 0.2) is 18.2 Å². The van der Waals surface area contributed by atoms with Crippen LogP contribution in [0.3, 0.4) is 0 Å². The summed E-state index contributed by atoms with van der Waals surface area (Å²) in [4.78, 5) is 61.9. The normalized spacial score (nSPS) is 15.3. The highest BCUT2D eigenvalue weighted by atomic mass is 16.2. The molecule has 0 bridgehead atoms. The molecule has 29 heavy (non-hydrogen) atoms. The summed E-state index contributed by atoms with van der Waals surface area (Å²) >= 11 is 0. The third-order valence-electron chi connectivity index (χ3n) is 5.39. The highest BCUT2D eigenvalue weighted by molar-refractivity contribution is 6.04. The van der Waals surface area contributed by atoms with Crippen molar-refractivity contribution in [3.8, 4) is 0 Å². The molecule has 2 rings (SSSR count). The molecule has 1 atom stereocenters. The van der Waals surface area contributed by atoms with Crippen LogP contribution >= 0.6 is 0 Å². The van der Waals surface area contributed by atoms with Gasteiger partial charge in [0.25, 0.3) is 5.91 Å². The molecule has 1 heterocycles. The van der Waals surface area contributed by atoms with Crippen molar-refractivity contribution < 1.29 is 24.0 Å². The number of piperidine rings is 1. The number of nitrogens with one attached hydrogen (secondary N) is 1. The van der Waals surface area contributed by atoms with Gasteiger partial charge in [-0.05, 0) is 37.5 Å². The van der Waals surface area contributed by atoms with Crippen molar-refractivity contribution in [3.05, 3.63) is 29.3 Å². The van der Waals surface area contributed by atoms with Crippen molar-refractivity contribution in [2.24, 2.45) is 5.92 Å². The molecule has 8 heteroatoms. The molecular formula is C21H27N3O5. The molecule has 0 spiro atoms. The van der Waals surface area contributed by atoms with Crippen LogP contribution in [-0.2, 0) is 14.4 Å². The molecule has 1 fully saturated rings. The summed E-state index contributed by atoms with van der Waals surface area (Å²) in [6.45, 7) is 1.38. The second-order valence-electron chi connectivity index (χ2n) is 7.14. The smallest absolute Gasteiger partial charge is 0.255 e. The maximum absolute atomic E-state index is 13.1. The lowest BCUT2D eigenvalue weighted by atomic mass is 9.97. The molecule has 156 valence electrons. The van der Waals surface area contributed by atoms with Crippen LogP contribution in [0.1, 0.15) is 46.4 Å². The van der Waals surface area contributed by atoms with E-state index in [2.05, 4.69) is 10.2 Å². The van der Waals surface area contributed by atoms with Crippen molar-refractivity contribution in [3.63, 3.8) is 0 Å². The second kappa shape index (κ2) is 10.5. The van der Waals surface area contributed by atoms with Gasteiger partial charge in [-0.1, -0.05) is 0 Å². The third kappa shape index (κ3) is 5.28. The summed E-state index contributed by atoms with van der Waals surface area (Å²) in [7, 11) is 2.96. The molecule has 1 aromatic carbocycles. The summed E-state index contributed by atoms with van der Waals surface area (Å²) in [6.07, 6.45) is 4.12. The Balaban J connectivity index is 2.29. The summed E-state index contributed by atoms with van der Waals surface area (Å²) < 4.78 is 0. The average molecular weight is 401 g/mol. The van der Waals surface area contributed by atoms with Crippen molar-refractivity contribution in [1.82, 2.24) is 10.2 Å². The number of carbonyl (C=O) groups excluding carboxylic acids is 5. The Hall–Kier alpha value is -3.03. The van der Waals surface area contributed by atoms with E-state index < -0.39 is 11.9 Å². The van der Waals surface area contributed by atoms with Gasteiger partial charge in [-0.15, -0.1) is 0 Å². The van der Waals surface area contributed by atoms with Crippen LogP contribution in [0.25, 0.3) is 0 Å². The van der Waals surface area contributed by atoms with Gasteiger partial charge in [0, 0.05) is 50.8 Å². The first-order valence-electron chi connectivity index (χ1n) is 9.68. The number of nitrogens with zero attached hydrogens (tertiary/aromatic N) is 2. The van der Waals surface area contributed by atoms with Crippen LogP contribution < -0.4 is 10.2 Å². The highest BCUT2D eigenvalue weighted by Crippen LogP contribution is 2.25. The molecule has 1 saturated heterocycles. The molecule has 1 N–H and O–H groups in total. The molecule has 0 aromatic heterocycles. The SMILES string of the molecule is CNC(=O)C(CCC=O)N(C)C(=O)c1cc(N2CCC(C=O)CC2)ccc1C=O. The molecule has 8 nitrogen and oxygen atoms in total. The maximum Gasteiger partial charge on any atom is 0.255 e. The Kier molecular flexibility index (Phi) is 8.06. The lowest BCUT2D eigenvalue weighted by Crippen LogP contribution is -2.47. The number of carbonyl (C=O) groups is 5. The summed E-state index contributed by atoms with van der Waals surface area (Å²) in [5.41, 5.74) is 1.23. The summed E-state index contributed by atoms with van der Waals surface area (Å²) in [5, 5.41) is 2.51. The third-order valence-corrected chi connectivity index (χ3v) is 5.39. The lowest BCUT2D eigenvalue weighted by molar-refractivity contribution is -0.125. The molecule has 2 amide bonds. The van der Waals surface area contributed by atoms with E-state index in [1.54, 1.807) is 18.2 Å². The van der Waals surface area contributed by atoms with Crippen LogP contribution in [-0.4, -0.2) is 68.8 Å².